The van der Waals surface area contributed by atoms with Gasteiger partial charge in [0.25, 0.3) is 0 Å². The molecule has 1 fully saturated rings. The molecule has 0 bridgehead atoms. The highest BCUT2D eigenvalue weighted by atomic mass is 16.5. The highest BCUT2D eigenvalue weighted by Gasteiger charge is 2.19. The SMILES string of the molecule is COc1cc(/C=C/C(=O)N2CCN(CC(C)C)CC2)ccc1OCC#N. The summed E-state index contributed by atoms with van der Waals surface area (Å²) in [6, 6.07) is 7.29. The van der Waals surface area contributed by atoms with Gasteiger partial charge in [0, 0.05) is 38.8 Å². The first-order valence-corrected chi connectivity index (χ1v) is 8.90. The predicted molar refractivity (Wildman–Crippen MR) is 101 cm³/mol. The van der Waals surface area contributed by atoms with Gasteiger partial charge in [0.1, 0.15) is 6.07 Å². The quantitative estimate of drug-likeness (QED) is 0.701. The zero-order valence-electron chi connectivity index (χ0n) is 15.8. The van der Waals surface area contributed by atoms with Gasteiger partial charge in [-0.3, -0.25) is 9.69 Å². The van der Waals surface area contributed by atoms with Gasteiger partial charge in [0.2, 0.25) is 5.91 Å². The predicted octanol–water partition coefficient (Wildman–Crippen LogP) is 2.41. The Hall–Kier alpha value is -2.52. The molecule has 0 atom stereocenters. The van der Waals surface area contributed by atoms with E-state index in [0.717, 1.165) is 38.3 Å². The molecular weight excluding hydrogens is 330 g/mol. The fourth-order valence-corrected chi connectivity index (χ4v) is 2.96. The number of ether oxygens (including phenoxy) is 2. The first kappa shape index (κ1) is 19.8. The lowest BCUT2D eigenvalue weighted by Gasteiger charge is -2.35. The third kappa shape index (κ3) is 5.78. The van der Waals surface area contributed by atoms with Gasteiger partial charge in [-0.05, 0) is 29.7 Å². The largest absolute Gasteiger partial charge is 0.493 e. The van der Waals surface area contributed by atoms with E-state index >= 15 is 0 Å². The van der Waals surface area contributed by atoms with Gasteiger partial charge < -0.3 is 14.4 Å². The van der Waals surface area contributed by atoms with E-state index in [-0.39, 0.29) is 12.5 Å². The monoisotopic (exact) mass is 357 g/mol. The van der Waals surface area contributed by atoms with Crippen molar-refractivity contribution in [3.63, 3.8) is 0 Å². The average Bonchev–Trinajstić information content (AvgIpc) is 2.64. The summed E-state index contributed by atoms with van der Waals surface area (Å²) in [4.78, 5) is 16.7. The molecule has 1 aliphatic rings. The molecule has 6 heteroatoms. The molecule has 2 rings (SSSR count). The Labute approximate surface area is 155 Å². The molecule has 26 heavy (non-hydrogen) atoms. The highest BCUT2D eigenvalue weighted by molar-refractivity contribution is 5.92. The first-order chi connectivity index (χ1) is 12.5. The van der Waals surface area contributed by atoms with Crippen LogP contribution in [0.2, 0.25) is 0 Å². The number of nitriles is 1. The van der Waals surface area contributed by atoms with Crippen molar-refractivity contribution in [3.05, 3.63) is 29.8 Å². The molecule has 1 heterocycles. The Kier molecular flexibility index (Phi) is 7.49. The second-order valence-corrected chi connectivity index (χ2v) is 6.71. The minimum atomic E-state index is -0.0349. The summed E-state index contributed by atoms with van der Waals surface area (Å²) < 4.78 is 10.6. The minimum absolute atomic E-state index is 0.0259. The number of methoxy groups -OCH3 is 1. The van der Waals surface area contributed by atoms with Gasteiger partial charge >= 0.3 is 0 Å². The molecule has 0 saturated carbocycles. The molecule has 1 aromatic rings. The van der Waals surface area contributed by atoms with Crippen LogP contribution in [0.4, 0.5) is 0 Å². The van der Waals surface area contributed by atoms with Crippen LogP contribution < -0.4 is 9.47 Å². The van der Waals surface area contributed by atoms with E-state index in [2.05, 4.69) is 18.7 Å². The zero-order valence-corrected chi connectivity index (χ0v) is 15.8. The van der Waals surface area contributed by atoms with Gasteiger partial charge in [0.05, 0.1) is 7.11 Å². The summed E-state index contributed by atoms with van der Waals surface area (Å²) in [5.74, 6) is 1.72. The number of carbonyl (C=O) groups is 1. The normalized spacial score (nSPS) is 15.3. The number of amides is 1. The Morgan fingerprint density at radius 3 is 2.62 bits per heavy atom. The summed E-state index contributed by atoms with van der Waals surface area (Å²) in [7, 11) is 1.55. The molecule has 140 valence electrons. The van der Waals surface area contributed by atoms with Crippen LogP contribution in [0.15, 0.2) is 24.3 Å². The summed E-state index contributed by atoms with van der Waals surface area (Å²) in [5, 5.41) is 8.60. The summed E-state index contributed by atoms with van der Waals surface area (Å²) in [6.45, 7) is 8.86. The number of carbonyl (C=O) groups excluding carboxylic acids is 1. The van der Waals surface area contributed by atoms with E-state index in [4.69, 9.17) is 14.7 Å². The maximum atomic E-state index is 12.4. The molecule has 1 amide bonds. The van der Waals surface area contributed by atoms with E-state index in [9.17, 15) is 4.79 Å². The van der Waals surface area contributed by atoms with Gasteiger partial charge in [0.15, 0.2) is 18.1 Å². The van der Waals surface area contributed by atoms with Crippen LogP contribution in [0.1, 0.15) is 19.4 Å². The summed E-state index contributed by atoms with van der Waals surface area (Å²) in [5.41, 5.74) is 0.845. The highest BCUT2D eigenvalue weighted by Crippen LogP contribution is 2.28. The van der Waals surface area contributed by atoms with Crippen molar-refractivity contribution in [3.8, 4) is 17.6 Å². The average molecular weight is 357 g/mol. The van der Waals surface area contributed by atoms with Gasteiger partial charge in [-0.25, -0.2) is 0 Å². The van der Waals surface area contributed by atoms with E-state index in [1.165, 1.54) is 0 Å². The smallest absolute Gasteiger partial charge is 0.246 e. The Morgan fingerprint density at radius 2 is 2.00 bits per heavy atom. The second-order valence-electron chi connectivity index (χ2n) is 6.71. The third-order valence-electron chi connectivity index (χ3n) is 4.21. The van der Waals surface area contributed by atoms with E-state index < -0.39 is 0 Å². The number of piperazine rings is 1. The lowest BCUT2D eigenvalue weighted by atomic mass is 10.1. The number of hydrogen-bond donors (Lipinski definition) is 0. The molecule has 0 unspecified atom stereocenters. The molecule has 1 aliphatic heterocycles. The lowest BCUT2D eigenvalue weighted by Crippen LogP contribution is -2.49. The van der Waals surface area contributed by atoms with Gasteiger partial charge in [-0.2, -0.15) is 5.26 Å². The molecule has 0 radical (unpaired) electrons. The van der Waals surface area contributed by atoms with Crippen LogP contribution in [-0.2, 0) is 4.79 Å². The van der Waals surface area contributed by atoms with Crippen LogP contribution in [0.25, 0.3) is 6.08 Å². The molecule has 0 aliphatic carbocycles. The molecule has 0 aromatic heterocycles. The van der Waals surface area contributed by atoms with Crippen molar-refractivity contribution in [1.29, 1.82) is 5.26 Å². The Balaban J connectivity index is 1.93. The van der Waals surface area contributed by atoms with Crippen molar-refractivity contribution < 1.29 is 14.3 Å². The summed E-state index contributed by atoms with van der Waals surface area (Å²) in [6.07, 6.45) is 3.38. The Morgan fingerprint density at radius 1 is 1.27 bits per heavy atom. The van der Waals surface area contributed by atoms with Crippen molar-refractivity contribution in [2.45, 2.75) is 13.8 Å². The second kappa shape index (κ2) is 9.83. The lowest BCUT2D eigenvalue weighted by molar-refractivity contribution is -0.127. The first-order valence-electron chi connectivity index (χ1n) is 8.90. The molecule has 1 saturated heterocycles. The summed E-state index contributed by atoms with van der Waals surface area (Å²) >= 11 is 0. The van der Waals surface area contributed by atoms with Crippen LogP contribution >= 0.6 is 0 Å². The fraction of sp³-hybridized carbons (Fsp3) is 0.500. The maximum Gasteiger partial charge on any atom is 0.246 e. The number of benzene rings is 1. The van der Waals surface area contributed by atoms with Crippen LogP contribution in [0.5, 0.6) is 11.5 Å². The van der Waals surface area contributed by atoms with Crippen LogP contribution in [0.3, 0.4) is 0 Å². The zero-order chi connectivity index (χ0) is 18.9. The van der Waals surface area contributed by atoms with Crippen molar-refractivity contribution in [2.75, 3.05) is 46.4 Å². The standard InChI is InChI=1S/C20H27N3O3/c1-16(2)15-22-9-11-23(12-10-22)20(24)7-5-17-4-6-18(26-13-8-21)19(14-17)25-3/h4-7,14,16H,9-13,15H2,1-3H3/b7-5+. The van der Waals surface area contributed by atoms with E-state index in [0.29, 0.717) is 17.4 Å². The molecule has 6 nitrogen and oxygen atoms in total. The molecule has 1 aromatic carbocycles. The topological polar surface area (TPSA) is 65.8 Å². The fourth-order valence-electron chi connectivity index (χ4n) is 2.96. The molecule has 0 spiro atoms. The van der Waals surface area contributed by atoms with Crippen LogP contribution in [-0.4, -0.2) is 62.1 Å². The molecule has 0 N–H and O–H groups in total. The van der Waals surface area contributed by atoms with Crippen molar-refractivity contribution >= 4 is 12.0 Å². The number of hydrogen-bond acceptors (Lipinski definition) is 5. The van der Waals surface area contributed by atoms with Crippen LogP contribution in [0, 0.1) is 17.2 Å². The third-order valence-corrected chi connectivity index (χ3v) is 4.21. The van der Waals surface area contributed by atoms with Crippen molar-refractivity contribution in [1.82, 2.24) is 9.80 Å². The molecular formula is C20H27N3O3. The van der Waals surface area contributed by atoms with Crippen molar-refractivity contribution in [2.24, 2.45) is 5.92 Å². The van der Waals surface area contributed by atoms with Gasteiger partial charge in [-0.1, -0.05) is 19.9 Å². The van der Waals surface area contributed by atoms with E-state index in [1.807, 2.05) is 17.0 Å². The maximum absolute atomic E-state index is 12.4. The van der Waals surface area contributed by atoms with Gasteiger partial charge in [-0.15, -0.1) is 0 Å². The van der Waals surface area contributed by atoms with E-state index in [1.54, 1.807) is 31.4 Å². The number of nitrogens with zero attached hydrogens (tertiary/aromatic N) is 3. The Bertz CT molecular complexity index is 671. The number of rotatable bonds is 7. The minimum Gasteiger partial charge on any atom is -0.493 e.